The number of benzene rings is 2. The number of hydrogen-bond acceptors (Lipinski definition) is 1. The zero-order chi connectivity index (χ0) is 15.5. The Hall–Kier alpha value is -1.52. The summed E-state index contributed by atoms with van der Waals surface area (Å²) in [4.78, 5) is 0. The lowest BCUT2D eigenvalue weighted by molar-refractivity contribution is -0.137. The molecule has 0 aliphatic heterocycles. The van der Waals surface area contributed by atoms with Gasteiger partial charge in [-0.2, -0.15) is 13.2 Å². The summed E-state index contributed by atoms with van der Waals surface area (Å²) in [5.74, 6) is 0. The van der Waals surface area contributed by atoms with E-state index in [0.717, 1.165) is 29.8 Å². The van der Waals surface area contributed by atoms with E-state index in [-0.39, 0.29) is 0 Å². The summed E-state index contributed by atoms with van der Waals surface area (Å²) >= 11 is 6.20. The van der Waals surface area contributed by atoms with Crippen molar-refractivity contribution >= 4 is 11.6 Å². The SMILES string of the molecule is CCNCc1ccc(-c2ccc(C(F)(F)F)cc2)cc1Cl. The Kier molecular flexibility index (Phi) is 4.91. The first-order valence-electron chi connectivity index (χ1n) is 6.58. The lowest BCUT2D eigenvalue weighted by Crippen LogP contribution is -2.11. The lowest BCUT2D eigenvalue weighted by atomic mass is 10.0. The largest absolute Gasteiger partial charge is 0.416 e. The van der Waals surface area contributed by atoms with Crippen LogP contribution in [0.5, 0.6) is 0 Å². The summed E-state index contributed by atoms with van der Waals surface area (Å²) in [7, 11) is 0. The number of halogens is 4. The highest BCUT2D eigenvalue weighted by molar-refractivity contribution is 6.31. The van der Waals surface area contributed by atoms with Crippen LogP contribution in [-0.2, 0) is 12.7 Å². The number of rotatable bonds is 4. The maximum Gasteiger partial charge on any atom is 0.416 e. The molecular weight excluding hydrogens is 299 g/mol. The van der Waals surface area contributed by atoms with Crippen molar-refractivity contribution < 1.29 is 13.2 Å². The molecule has 0 atom stereocenters. The van der Waals surface area contributed by atoms with Crippen molar-refractivity contribution in [2.45, 2.75) is 19.6 Å². The van der Waals surface area contributed by atoms with Crippen LogP contribution >= 0.6 is 11.6 Å². The Bertz CT molecular complexity index is 606. The summed E-state index contributed by atoms with van der Waals surface area (Å²) in [6.45, 7) is 3.52. The molecule has 0 spiro atoms. The third kappa shape index (κ3) is 3.99. The molecule has 0 fully saturated rings. The molecule has 21 heavy (non-hydrogen) atoms. The van der Waals surface area contributed by atoms with Crippen LogP contribution < -0.4 is 5.32 Å². The van der Waals surface area contributed by atoms with Crippen LogP contribution in [0, 0.1) is 0 Å². The second-order valence-electron chi connectivity index (χ2n) is 4.66. The number of hydrogen-bond donors (Lipinski definition) is 1. The molecule has 2 aromatic rings. The van der Waals surface area contributed by atoms with Gasteiger partial charge >= 0.3 is 6.18 Å². The molecule has 0 heterocycles. The van der Waals surface area contributed by atoms with E-state index in [0.29, 0.717) is 17.1 Å². The fraction of sp³-hybridized carbons (Fsp3) is 0.250. The van der Waals surface area contributed by atoms with Crippen molar-refractivity contribution in [1.82, 2.24) is 5.32 Å². The van der Waals surface area contributed by atoms with Crippen LogP contribution in [0.25, 0.3) is 11.1 Å². The fourth-order valence-corrected chi connectivity index (χ4v) is 2.23. The lowest BCUT2D eigenvalue weighted by Gasteiger charge is -2.10. The molecular formula is C16H15ClF3N. The molecule has 2 aromatic carbocycles. The summed E-state index contributed by atoms with van der Waals surface area (Å²) in [6, 6.07) is 10.6. The van der Waals surface area contributed by atoms with E-state index < -0.39 is 11.7 Å². The van der Waals surface area contributed by atoms with Gasteiger partial charge in [0.1, 0.15) is 0 Å². The van der Waals surface area contributed by atoms with Gasteiger partial charge in [-0.25, -0.2) is 0 Å². The molecule has 0 unspecified atom stereocenters. The van der Waals surface area contributed by atoms with Crippen LogP contribution in [-0.4, -0.2) is 6.54 Å². The van der Waals surface area contributed by atoms with Crippen LogP contribution in [0.15, 0.2) is 42.5 Å². The molecule has 0 radical (unpaired) electrons. The Labute approximate surface area is 126 Å². The van der Waals surface area contributed by atoms with Crippen molar-refractivity contribution in [3.63, 3.8) is 0 Å². The van der Waals surface area contributed by atoms with Gasteiger partial charge in [0.15, 0.2) is 0 Å². The van der Waals surface area contributed by atoms with Crippen LogP contribution in [0.2, 0.25) is 5.02 Å². The summed E-state index contributed by atoms with van der Waals surface area (Å²) in [5.41, 5.74) is 1.82. The van der Waals surface area contributed by atoms with Gasteiger partial charge in [0.05, 0.1) is 5.56 Å². The minimum atomic E-state index is -4.31. The van der Waals surface area contributed by atoms with Crippen molar-refractivity contribution in [3.8, 4) is 11.1 Å². The second kappa shape index (κ2) is 6.50. The van der Waals surface area contributed by atoms with Gasteiger partial charge in [0, 0.05) is 11.6 Å². The molecule has 0 aliphatic rings. The average molecular weight is 314 g/mol. The molecule has 0 saturated heterocycles. The minimum Gasteiger partial charge on any atom is -0.313 e. The summed E-state index contributed by atoms with van der Waals surface area (Å²) in [5, 5.41) is 3.78. The number of alkyl halides is 3. The molecule has 1 N–H and O–H groups in total. The summed E-state index contributed by atoms with van der Waals surface area (Å²) in [6.07, 6.45) is -4.31. The standard InChI is InChI=1S/C16H15ClF3N/c1-2-21-10-13-4-3-12(9-15(13)17)11-5-7-14(8-6-11)16(18,19)20/h3-9,21H,2,10H2,1H3. The minimum absolute atomic E-state index is 0.605. The predicted octanol–water partition coefficient (Wildman–Crippen LogP) is 5.14. The van der Waals surface area contributed by atoms with Crippen molar-refractivity contribution in [2.24, 2.45) is 0 Å². The van der Waals surface area contributed by atoms with Gasteiger partial charge in [0.2, 0.25) is 0 Å². The zero-order valence-corrected chi connectivity index (χ0v) is 12.2. The van der Waals surface area contributed by atoms with Crippen LogP contribution in [0.4, 0.5) is 13.2 Å². The maximum atomic E-state index is 12.5. The van der Waals surface area contributed by atoms with E-state index in [1.807, 2.05) is 19.1 Å². The average Bonchev–Trinajstić information content (AvgIpc) is 2.45. The van der Waals surface area contributed by atoms with E-state index in [2.05, 4.69) is 5.32 Å². The number of nitrogens with one attached hydrogen (secondary N) is 1. The van der Waals surface area contributed by atoms with E-state index in [4.69, 9.17) is 11.6 Å². The molecule has 5 heteroatoms. The molecule has 1 nitrogen and oxygen atoms in total. The molecule has 0 aliphatic carbocycles. The van der Waals surface area contributed by atoms with Crippen molar-refractivity contribution in [2.75, 3.05) is 6.54 Å². The fourth-order valence-electron chi connectivity index (χ4n) is 1.98. The normalized spacial score (nSPS) is 11.7. The predicted molar refractivity (Wildman–Crippen MR) is 79.3 cm³/mol. The molecule has 2 rings (SSSR count). The highest BCUT2D eigenvalue weighted by Crippen LogP contribution is 2.32. The molecule has 0 bridgehead atoms. The zero-order valence-electron chi connectivity index (χ0n) is 11.5. The van der Waals surface area contributed by atoms with Gasteiger partial charge in [-0.05, 0) is 41.4 Å². The molecule has 0 amide bonds. The monoisotopic (exact) mass is 313 g/mol. The van der Waals surface area contributed by atoms with Gasteiger partial charge in [-0.3, -0.25) is 0 Å². The maximum absolute atomic E-state index is 12.5. The van der Waals surface area contributed by atoms with Gasteiger partial charge < -0.3 is 5.32 Å². The third-order valence-electron chi connectivity index (χ3n) is 3.16. The Morgan fingerprint density at radius 3 is 2.14 bits per heavy atom. The third-order valence-corrected chi connectivity index (χ3v) is 3.52. The van der Waals surface area contributed by atoms with Crippen molar-refractivity contribution in [1.29, 1.82) is 0 Å². The van der Waals surface area contributed by atoms with E-state index in [9.17, 15) is 13.2 Å². The first-order valence-corrected chi connectivity index (χ1v) is 6.96. The summed E-state index contributed by atoms with van der Waals surface area (Å²) < 4.78 is 37.6. The van der Waals surface area contributed by atoms with Crippen molar-refractivity contribution in [3.05, 3.63) is 58.6 Å². The van der Waals surface area contributed by atoms with Gasteiger partial charge in [-0.15, -0.1) is 0 Å². The molecule has 0 aromatic heterocycles. The highest BCUT2D eigenvalue weighted by Gasteiger charge is 2.29. The van der Waals surface area contributed by atoms with Crippen LogP contribution in [0.1, 0.15) is 18.1 Å². The Morgan fingerprint density at radius 2 is 1.62 bits per heavy atom. The quantitative estimate of drug-likeness (QED) is 0.824. The second-order valence-corrected chi connectivity index (χ2v) is 5.07. The molecule has 112 valence electrons. The van der Waals surface area contributed by atoms with Gasteiger partial charge in [0.25, 0.3) is 0 Å². The van der Waals surface area contributed by atoms with Gasteiger partial charge in [-0.1, -0.05) is 42.8 Å². The van der Waals surface area contributed by atoms with Crippen LogP contribution in [0.3, 0.4) is 0 Å². The Balaban J connectivity index is 2.24. The Morgan fingerprint density at radius 1 is 1.00 bits per heavy atom. The highest BCUT2D eigenvalue weighted by atomic mass is 35.5. The molecule has 0 saturated carbocycles. The van der Waals surface area contributed by atoms with E-state index in [1.54, 1.807) is 6.07 Å². The van der Waals surface area contributed by atoms with E-state index >= 15 is 0 Å². The smallest absolute Gasteiger partial charge is 0.313 e. The first kappa shape index (κ1) is 15.9. The first-order chi connectivity index (χ1) is 9.91. The topological polar surface area (TPSA) is 12.0 Å². The van der Waals surface area contributed by atoms with E-state index in [1.165, 1.54) is 12.1 Å².